The zero-order valence-electron chi connectivity index (χ0n) is 15.3. The summed E-state index contributed by atoms with van der Waals surface area (Å²) in [6.45, 7) is 6.03. The van der Waals surface area contributed by atoms with Gasteiger partial charge in [0.05, 0.1) is 6.54 Å². The van der Waals surface area contributed by atoms with E-state index in [1.54, 1.807) is 23.9 Å². The average Bonchev–Trinajstić information content (AvgIpc) is 2.98. The molecule has 134 valence electrons. The maximum atomic E-state index is 12.5. The molecule has 1 aliphatic rings. The highest BCUT2D eigenvalue weighted by Gasteiger charge is 2.27. The van der Waals surface area contributed by atoms with Crippen LogP contribution in [0.3, 0.4) is 0 Å². The number of aromatic nitrogens is 3. The van der Waals surface area contributed by atoms with Crippen molar-refractivity contribution >= 4 is 11.8 Å². The molecular weight excluding hydrogens is 306 g/mol. The van der Waals surface area contributed by atoms with E-state index in [1.807, 2.05) is 4.57 Å². The zero-order valence-corrected chi connectivity index (χ0v) is 15.3. The Labute approximate surface area is 144 Å². The standard InChI is InChI=1S/C17H29N5O2/c1-5-7-8-13(6-2)11-15(23)21(4)12-14-18-19-16-17(24)20(3)9-10-22(14)16/h13H,5-12H2,1-4H3. The minimum absolute atomic E-state index is 0.111. The van der Waals surface area contributed by atoms with Crippen LogP contribution in [0.2, 0.25) is 0 Å². The molecule has 0 fully saturated rings. The Morgan fingerprint density at radius 3 is 2.71 bits per heavy atom. The number of nitrogens with zero attached hydrogens (tertiary/aromatic N) is 5. The molecule has 2 rings (SSSR count). The largest absolute Gasteiger partial charge is 0.338 e. The van der Waals surface area contributed by atoms with Crippen LogP contribution in [0.15, 0.2) is 0 Å². The van der Waals surface area contributed by atoms with E-state index in [1.165, 1.54) is 6.42 Å². The second kappa shape index (κ2) is 8.26. The summed E-state index contributed by atoms with van der Waals surface area (Å²) in [5, 5.41) is 8.13. The zero-order chi connectivity index (χ0) is 17.7. The minimum atomic E-state index is -0.111. The predicted octanol–water partition coefficient (Wildman–Crippen LogP) is 1.93. The van der Waals surface area contributed by atoms with E-state index in [0.717, 1.165) is 19.3 Å². The molecule has 7 heteroatoms. The highest BCUT2D eigenvalue weighted by atomic mass is 16.2. The Hall–Kier alpha value is -1.92. The molecule has 1 aliphatic heterocycles. The minimum Gasteiger partial charge on any atom is -0.338 e. The van der Waals surface area contributed by atoms with Crippen molar-refractivity contribution in [2.24, 2.45) is 5.92 Å². The Kier molecular flexibility index (Phi) is 6.34. The lowest BCUT2D eigenvalue weighted by molar-refractivity contribution is -0.131. The molecule has 0 aliphatic carbocycles. The molecule has 0 saturated heterocycles. The van der Waals surface area contributed by atoms with Gasteiger partial charge >= 0.3 is 0 Å². The van der Waals surface area contributed by atoms with E-state index in [9.17, 15) is 9.59 Å². The second-order valence-electron chi connectivity index (χ2n) is 6.69. The molecule has 0 aromatic carbocycles. The maximum Gasteiger partial charge on any atom is 0.291 e. The summed E-state index contributed by atoms with van der Waals surface area (Å²) in [7, 11) is 3.56. The first-order valence-electron chi connectivity index (χ1n) is 8.89. The summed E-state index contributed by atoms with van der Waals surface area (Å²) in [5.74, 6) is 1.52. The Balaban J connectivity index is 1.97. The molecule has 1 aromatic heterocycles. The molecule has 2 heterocycles. The molecule has 0 N–H and O–H groups in total. The van der Waals surface area contributed by atoms with Crippen molar-refractivity contribution < 1.29 is 9.59 Å². The van der Waals surface area contributed by atoms with Gasteiger partial charge in [0.1, 0.15) is 0 Å². The lowest BCUT2D eigenvalue weighted by Gasteiger charge is -2.25. The molecule has 2 amide bonds. The van der Waals surface area contributed by atoms with Gasteiger partial charge in [0.2, 0.25) is 11.7 Å². The van der Waals surface area contributed by atoms with Gasteiger partial charge in [-0.05, 0) is 12.3 Å². The van der Waals surface area contributed by atoms with Gasteiger partial charge in [0.15, 0.2) is 5.82 Å². The Morgan fingerprint density at radius 2 is 2.04 bits per heavy atom. The summed E-state index contributed by atoms with van der Waals surface area (Å²) < 4.78 is 1.83. The molecule has 7 nitrogen and oxygen atoms in total. The number of fused-ring (bicyclic) bond motifs is 1. The summed E-state index contributed by atoms with van der Waals surface area (Å²) in [4.78, 5) is 27.9. The van der Waals surface area contributed by atoms with E-state index in [0.29, 0.717) is 43.6 Å². The number of unbranched alkanes of at least 4 members (excludes halogenated alkanes) is 1. The third-order valence-electron chi connectivity index (χ3n) is 4.84. The fourth-order valence-corrected chi connectivity index (χ4v) is 3.01. The van der Waals surface area contributed by atoms with Gasteiger partial charge in [0, 0.05) is 33.6 Å². The van der Waals surface area contributed by atoms with Crippen LogP contribution in [0.5, 0.6) is 0 Å². The molecule has 0 saturated carbocycles. The monoisotopic (exact) mass is 335 g/mol. The number of amides is 2. The first-order valence-corrected chi connectivity index (χ1v) is 8.89. The highest BCUT2D eigenvalue weighted by molar-refractivity contribution is 5.91. The first kappa shape index (κ1) is 18.4. The quantitative estimate of drug-likeness (QED) is 0.728. The number of hydrogen-bond acceptors (Lipinski definition) is 4. The van der Waals surface area contributed by atoms with Crippen LogP contribution >= 0.6 is 0 Å². The molecular formula is C17H29N5O2. The molecule has 0 bridgehead atoms. The topological polar surface area (TPSA) is 71.3 Å². The maximum absolute atomic E-state index is 12.5. The van der Waals surface area contributed by atoms with Crippen molar-refractivity contribution in [3.63, 3.8) is 0 Å². The van der Waals surface area contributed by atoms with Crippen LogP contribution in [0.25, 0.3) is 0 Å². The van der Waals surface area contributed by atoms with E-state index in [2.05, 4.69) is 24.0 Å². The van der Waals surface area contributed by atoms with Crippen LogP contribution in [-0.4, -0.2) is 57.0 Å². The highest BCUT2D eigenvalue weighted by Crippen LogP contribution is 2.18. The number of hydrogen-bond donors (Lipinski definition) is 0. The van der Waals surface area contributed by atoms with Crippen molar-refractivity contribution in [2.75, 3.05) is 20.6 Å². The second-order valence-corrected chi connectivity index (χ2v) is 6.69. The number of carbonyl (C=O) groups is 2. The van der Waals surface area contributed by atoms with Gasteiger partial charge in [-0.25, -0.2) is 0 Å². The van der Waals surface area contributed by atoms with Gasteiger partial charge in [-0.15, -0.1) is 10.2 Å². The predicted molar refractivity (Wildman–Crippen MR) is 91.4 cm³/mol. The summed E-state index contributed by atoms with van der Waals surface area (Å²) >= 11 is 0. The number of likely N-dealkylation sites (N-methyl/N-ethyl adjacent to an activating group) is 1. The molecule has 1 atom stereocenters. The van der Waals surface area contributed by atoms with Crippen LogP contribution in [-0.2, 0) is 17.9 Å². The molecule has 0 radical (unpaired) electrons. The van der Waals surface area contributed by atoms with Gasteiger partial charge in [-0.2, -0.15) is 0 Å². The molecule has 1 aromatic rings. The van der Waals surface area contributed by atoms with Crippen molar-refractivity contribution in [3.05, 3.63) is 11.6 Å². The Bertz CT molecular complexity index is 584. The van der Waals surface area contributed by atoms with E-state index >= 15 is 0 Å². The summed E-state index contributed by atoms with van der Waals surface area (Å²) in [6, 6.07) is 0. The fraction of sp³-hybridized carbons (Fsp3) is 0.765. The van der Waals surface area contributed by atoms with Gasteiger partial charge < -0.3 is 14.4 Å². The third-order valence-corrected chi connectivity index (χ3v) is 4.84. The summed E-state index contributed by atoms with van der Waals surface area (Å²) in [5.41, 5.74) is 0. The van der Waals surface area contributed by atoms with Crippen molar-refractivity contribution in [3.8, 4) is 0 Å². The molecule has 24 heavy (non-hydrogen) atoms. The molecule has 1 unspecified atom stereocenters. The van der Waals surface area contributed by atoms with E-state index < -0.39 is 0 Å². The van der Waals surface area contributed by atoms with Crippen molar-refractivity contribution in [1.29, 1.82) is 0 Å². The van der Waals surface area contributed by atoms with Crippen LogP contribution in [0.1, 0.15) is 62.4 Å². The van der Waals surface area contributed by atoms with Gasteiger partial charge in [-0.1, -0.05) is 33.1 Å². The molecule has 0 spiro atoms. The van der Waals surface area contributed by atoms with Gasteiger partial charge in [0.25, 0.3) is 5.91 Å². The number of rotatable bonds is 8. The smallest absolute Gasteiger partial charge is 0.291 e. The van der Waals surface area contributed by atoms with Crippen molar-refractivity contribution in [2.45, 2.75) is 59.0 Å². The van der Waals surface area contributed by atoms with Gasteiger partial charge in [-0.3, -0.25) is 9.59 Å². The SMILES string of the molecule is CCCCC(CC)CC(=O)N(C)Cc1nnc2n1CCN(C)C2=O. The van der Waals surface area contributed by atoms with E-state index in [-0.39, 0.29) is 11.8 Å². The van der Waals surface area contributed by atoms with Crippen molar-refractivity contribution in [1.82, 2.24) is 24.6 Å². The lowest BCUT2D eigenvalue weighted by Crippen LogP contribution is -2.38. The number of carbonyl (C=O) groups excluding carboxylic acids is 2. The average molecular weight is 335 g/mol. The fourth-order valence-electron chi connectivity index (χ4n) is 3.01. The normalized spacial score (nSPS) is 15.3. The van der Waals surface area contributed by atoms with E-state index in [4.69, 9.17) is 0 Å². The van der Waals surface area contributed by atoms with Crippen LogP contribution < -0.4 is 0 Å². The van der Waals surface area contributed by atoms with Crippen LogP contribution in [0.4, 0.5) is 0 Å². The Morgan fingerprint density at radius 1 is 1.29 bits per heavy atom. The lowest BCUT2D eigenvalue weighted by atomic mass is 9.95. The van der Waals surface area contributed by atoms with Crippen LogP contribution in [0, 0.1) is 5.92 Å². The third kappa shape index (κ3) is 4.13. The summed E-state index contributed by atoms with van der Waals surface area (Å²) in [6.07, 6.45) is 5.04. The first-order chi connectivity index (χ1) is 11.5.